The lowest BCUT2D eigenvalue weighted by Gasteiger charge is -2.12. The third-order valence-electron chi connectivity index (χ3n) is 5.93. The maximum atomic E-state index is 11.3. The van der Waals surface area contributed by atoms with Crippen molar-refractivity contribution in [2.45, 2.75) is 154 Å². The maximum absolute atomic E-state index is 11.3. The lowest BCUT2D eigenvalue weighted by Crippen LogP contribution is -2.20. The van der Waals surface area contributed by atoms with Crippen LogP contribution in [0.15, 0.2) is 0 Å². The summed E-state index contributed by atoms with van der Waals surface area (Å²) in [5.74, 6) is 0. The maximum Gasteiger partial charge on any atom is 0.267 e. The van der Waals surface area contributed by atoms with Gasteiger partial charge in [0, 0.05) is 0 Å². The van der Waals surface area contributed by atoms with Crippen LogP contribution in [0, 0.1) is 0 Å². The molecule has 5 heteroatoms. The molecule has 176 valence electrons. The van der Waals surface area contributed by atoms with Crippen LogP contribution in [0.4, 0.5) is 0 Å². The Morgan fingerprint density at radius 3 is 1.17 bits per heavy atom. The van der Waals surface area contributed by atoms with Gasteiger partial charge in [0.15, 0.2) is 0 Å². The van der Waals surface area contributed by atoms with E-state index in [2.05, 4.69) is 0 Å². The van der Waals surface area contributed by atoms with E-state index in [4.69, 9.17) is 0 Å². The molecule has 0 saturated heterocycles. The highest BCUT2D eigenvalue weighted by molar-refractivity contribution is 7.86. The fraction of sp³-hybridized carbons (Fsp3) is 1.00. The largest absolute Gasteiger partial charge is 0.393 e. The van der Waals surface area contributed by atoms with E-state index in [1.807, 2.05) is 13.8 Å². The van der Waals surface area contributed by atoms with Crippen LogP contribution in [0.25, 0.3) is 0 Å². The van der Waals surface area contributed by atoms with Gasteiger partial charge in [-0.2, -0.15) is 8.42 Å². The average molecular weight is 435 g/mol. The summed E-state index contributed by atoms with van der Waals surface area (Å²) in [5.41, 5.74) is 0. The Morgan fingerprint density at radius 1 is 0.586 bits per heavy atom. The van der Waals surface area contributed by atoms with Gasteiger partial charge in [-0.05, 0) is 26.2 Å². The van der Waals surface area contributed by atoms with Crippen LogP contribution in [-0.2, 0) is 10.1 Å². The third-order valence-corrected chi connectivity index (χ3v) is 7.24. The molecule has 0 aliphatic heterocycles. The van der Waals surface area contributed by atoms with E-state index in [9.17, 15) is 18.1 Å². The van der Waals surface area contributed by atoms with E-state index in [0.29, 0.717) is 12.8 Å². The van der Waals surface area contributed by atoms with Crippen molar-refractivity contribution in [1.29, 1.82) is 0 Å². The second-order valence-corrected chi connectivity index (χ2v) is 10.7. The predicted molar refractivity (Wildman–Crippen MR) is 125 cm³/mol. The summed E-state index contributed by atoms with van der Waals surface area (Å²) in [6, 6.07) is 0. The van der Waals surface area contributed by atoms with Gasteiger partial charge in [0.05, 0.1) is 11.4 Å². The first-order valence-corrected chi connectivity index (χ1v) is 14.0. The summed E-state index contributed by atoms with van der Waals surface area (Å²) in [7, 11) is -3.86. The molecule has 0 amide bonds. The van der Waals surface area contributed by atoms with Crippen LogP contribution in [0.3, 0.4) is 0 Å². The molecule has 4 nitrogen and oxygen atoms in total. The Kier molecular flexibility index (Phi) is 19.7. The quantitative estimate of drug-likeness (QED) is 0.137. The van der Waals surface area contributed by atoms with Gasteiger partial charge in [-0.15, -0.1) is 0 Å². The molecule has 2 N–H and O–H groups in total. The summed E-state index contributed by atoms with van der Waals surface area (Å²) in [5, 5.41) is 8.66. The van der Waals surface area contributed by atoms with Gasteiger partial charge >= 0.3 is 0 Å². The summed E-state index contributed by atoms with van der Waals surface area (Å²) >= 11 is 0. The fourth-order valence-corrected chi connectivity index (χ4v) is 5.05. The van der Waals surface area contributed by atoms with Gasteiger partial charge in [-0.3, -0.25) is 4.55 Å². The Balaban J connectivity index is 3.26. The first kappa shape index (κ1) is 28.9. The topological polar surface area (TPSA) is 74.6 Å². The standard InChI is InChI=1S/C24H50O4S/c1-3-20-24(29(26,27)28)22-19-17-15-13-11-9-7-5-4-6-8-10-12-14-16-18-21-23(2)25/h23-25H,3-22H2,1-2H3,(H,26,27,28). The SMILES string of the molecule is CCCC(CCCCCCCCCCCCCCCCCCC(C)O)S(=O)(=O)O. The minimum absolute atomic E-state index is 0.133. The third kappa shape index (κ3) is 20.9. The molecule has 0 heterocycles. The van der Waals surface area contributed by atoms with Crippen molar-refractivity contribution in [2.24, 2.45) is 0 Å². The van der Waals surface area contributed by atoms with Crippen LogP contribution in [0.5, 0.6) is 0 Å². The van der Waals surface area contributed by atoms with Crippen LogP contribution < -0.4 is 0 Å². The highest BCUT2D eigenvalue weighted by Crippen LogP contribution is 2.18. The van der Waals surface area contributed by atoms with Crippen LogP contribution in [0.2, 0.25) is 0 Å². The van der Waals surface area contributed by atoms with Gasteiger partial charge < -0.3 is 5.11 Å². The molecule has 29 heavy (non-hydrogen) atoms. The monoisotopic (exact) mass is 434 g/mol. The summed E-state index contributed by atoms with van der Waals surface area (Å²) in [4.78, 5) is 0. The lowest BCUT2D eigenvalue weighted by molar-refractivity contribution is 0.180. The van der Waals surface area contributed by atoms with Crippen molar-refractivity contribution in [3.05, 3.63) is 0 Å². The molecule has 0 radical (unpaired) electrons. The van der Waals surface area contributed by atoms with Crippen molar-refractivity contribution >= 4 is 10.1 Å². The minimum Gasteiger partial charge on any atom is -0.393 e. The van der Waals surface area contributed by atoms with Gasteiger partial charge in [0.25, 0.3) is 10.1 Å². The second kappa shape index (κ2) is 19.8. The minimum atomic E-state index is -3.86. The lowest BCUT2D eigenvalue weighted by atomic mass is 10.0. The molecule has 0 spiro atoms. The summed E-state index contributed by atoms with van der Waals surface area (Å²) in [6.45, 7) is 3.83. The van der Waals surface area contributed by atoms with E-state index in [1.54, 1.807) is 0 Å². The van der Waals surface area contributed by atoms with Gasteiger partial charge in [-0.1, -0.05) is 116 Å². The zero-order chi connectivity index (χ0) is 21.8. The molecule has 0 aliphatic carbocycles. The molecule has 0 aromatic heterocycles. The van der Waals surface area contributed by atoms with E-state index >= 15 is 0 Å². The van der Waals surface area contributed by atoms with Crippen molar-refractivity contribution < 1.29 is 18.1 Å². The average Bonchev–Trinajstić information content (AvgIpc) is 2.65. The Bertz CT molecular complexity index is 434. The normalized spacial score (nSPS) is 14.2. The highest BCUT2D eigenvalue weighted by Gasteiger charge is 2.20. The zero-order valence-corrected chi connectivity index (χ0v) is 20.2. The molecule has 0 bridgehead atoms. The van der Waals surface area contributed by atoms with Crippen molar-refractivity contribution in [2.75, 3.05) is 0 Å². The van der Waals surface area contributed by atoms with Gasteiger partial charge in [-0.25, -0.2) is 0 Å². The molecule has 2 unspecified atom stereocenters. The highest BCUT2D eigenvalue weighted by atomic mass is 32.2. The predicted octanol–water partition coefficient (Wildman–Crippen LogP) is 7.45. The zero-order valence-electron chi connectivity index (χ0n) is 19.4. The molecule has 0 rings (SSSR count). The first-order chi connectivity index (χ1) is 13.9. The molecule has 0 saturated carbocycles. The second-order valence-electron chi connectivity index (χ2n) is 9.01. The molecule has 0 fully saturated rings. The Morgan fingerprint density at radius 2 is 0.897 bits per heavy atom. The van der Waals surface area contributed by atoms with Crippen LogP contribution in [0.1, 0.15) is 142 Å². The van der Waals surface area contributed by atoms with E-state index in [1.165, 1.54) is 89.9 Å². The molecular formula is C24H50O4S. The number of rotatable bonds is 22. The van der Waals surface area contributed by atoms with Crippen molar-refractivity contribution in [3.63, 3.8) is 0 Å². The number of aliphatic hydroxyl groups is 1. The van der Waals surface area contributed by atoms with Crippen LogP contribution >= 0.6 is 0 Å². The summed E-state index contributed by atoms with van der Waals surface area (Å²) in [6.07, 6.45) is 23.1. The number of hydrogen-bond donors (Lipinski definition) is 2. The van der Waals surface area contributed by atoms with Gasteiger partial charge in [0.2, 0.25) is 0 Å². The summed E-state index contributed by atoms with van der Waals surface area (Å²) < 4.78 is 31.8. The van der Waals surface area contributed by atoms with E-state index in [-0.39, 0.29) is 6.10 Å². The van der Waals surface area contributed by atoms with Crippen LogP contribution in [-0.4, -0.2) is 29.4 Å². The van der Waals surface area contributed by atoms with Gasteiger partial charge in [0.1, 0.15) is 0 Å². The van der Waals surface area contributed by atoms with E-state index < -0.39 is 15.4 Å². The molecule has 2 atom stereocenters. The molecular weight excluding hydrogens is 384 g/mol. The Labute approximate surface area is 182 Å². The van der Waals surface area contributed by atoms with E-state index in [0.717, 1.165) is 25.7 Å². The van der Waals surface area contributed by atoms with Crippen molar-refractivity contribution in [1.82, 2.24) is 0 Å². The van der Waals surface area contributed by atoms with Crippen molar-refractivity contribution in [3.8, 4) is 0 Å². The smallest absolute Gasteiger partial charge is 0.267 e. The Hall–Kier alpha value is -0.130. The molecule has 0 aromatic carbocycles. The molecule has 0 aliphatic rings. The fourth-order valence-electron chi connectivity index (χ4n) is 4.05. The number of unbranched alkanes of at least 4 members (excludes halogenated alkanes) is 15. The first-order valence-electron chi connectivity index (χ1n) is 12.5. The number of hydrogen-bond acceptors (Lipinski definition) is 3. The molecule has 0 aromatic rings. The number of aliphatic hydroxyl groups excluding tert-OH is 1.